The third-order valence-electron chi connectivity index (χ3n) is 3.87. The number of carbonyl (C=O) groups is 1. The number of aromatic nitrogens is 1. The molecule has 1 atom stereocenters. The molecule has 0 bridgehead atoms. The maximum Gasteiger partial charge on any atom is 0.410 e. The second-order valence-electron chi connectivity index (χ2n) is 6.81. The highest BCUT2D eigenvalue weighted by atomic mass is 16.6. The van der Waals surface area contributed by atoms with E-state index in [0.717, 1.165) is 12.1 Å². The molecule has 1 amide bonds. The molecule has 24 heavy (non-hydrogen) atoms. The molecule has 0 saturated carbocycles. The van der Waals surface area contributed by atoms with Crippen molar-refractivity contribution in [2.45, 2.75) is 45.8 Å². The highest BCUT2D eigenvalue weighted by molar-refractivity contribution is 5.69. The molecule has 1 unspecified atom stereocenters. The first-order chi connectivity index (χ1) is 11.2. The van der Waals surface area contributed by atoms with Gasteiger partial charge in [-0.3, -0.25) is 0 Å². The largest absolute Gasteiger partial charge is 0.444 e. The molecule has 1 saturated heterocycles. The van der Waals surface area contributed by atoms with Gasteiger partial charge in [0.15, 0.2) is 6.20 Å². The van der Waals surface area contributed by atoms with Crippen LogP contribution in [0.3, 0.4) is 0 Å². The predicted molar refractivity (Wildman–Crippen MR) is 90.1 cm³/mol. The zero-order chi connectivity index (χ0) is 17.9. The number of pyridine rings is 1. The first-order valence-electron chi connectivity index (χ1n) is 8.06. The van der Waals surface area contributed by atoms with E-state index in [1.165, 1.54) is 12.3 Å². The van der Waals surface area contributed by atoms with Crippen LogP contribution in [0.15, 0.2) is 18.3 Å². The average molecular weight is 336 g/mol. The van der Waals surface area contributed by atoms with Gasteiger partial charge in [0.05, 0.1) is 11.7 Å². The molecule has 8 nitrogen and oxygen atoms in total. The highest BCUT2D eigenvalue weighted by Gasteiger charge is 2.32. The Kier molecular flexibility index (Phi) is 5.26. The van der Waals surface area contributed by atoms with Crippen molar-refractivity contribution in [1.82, 2.24) is 9.88 Å². The minimum atomic E-state index is -0.519. The van der Waals surface area contributed by atoms with Gasteiger partial charge in [0.1, 0.15) is 5.60 Å². The molecule has 132 valence electrons. The number of amides is 1. The van der Waals surface area contributed by atoms with Crippen molar-refractivity contribution >= 4 is 17.6 Å². The molecule has 2 heterocycles. The molecule has 1 fully saturated rings. The summed E-state index contributed by atoms with van der Waals surface area (Å²) in [5.74, 6) is -0.168. The minimum absolute atomic E-state index is 0.0313. The maximum atomic E-state index is 12.3. The first-order valence-corrected chi connectivity index (χ1v) is 8.06. The Morgan fingerprint density at radius 1 is 1.42 bits per heavy atom. The summed E-state index contributed by atoms with van der Waals surface area (Å²) in [4.78, 5) is 30.2. The van der Waals surface area contributed by atoms with Gasteiger partial charge in [-0.05, 0) is 43.2 Å². The van der Waals surface area contributed by atoms with E-state index in [-0.39, 0.29) is 18.0 Å². The van der Waals surface area contributed by atoms with Gasteiger partial charge >= 0.3 is 11.9 Å². The van der Waals surface area contributed by atoms with Gasteiger partial charge in [0.25, 0.3) is 0 Å². The van der Waals surface area contributed by atoms with Crippen LogP contribution in [0, 0.1) is 10.1 Å². The van der Waals surface area contributed by atoms with Gasteiger partial charge in [0.2, 0.25) is 0 Å². The van der Waals surface area contributed by atoms with E-state index in [4.69, 9.17) is 4.74 Å². The van der Waals surface area contributed by atoms with E-state index in [9.17, 15) is 14.9 Å². The van der Waals surface area contributed by atoms with Crippen molar-refractivity contribution < 1.29 is 14.5 Å². The fourth-order valence-electron chi connectivity index (χ4n) is 2.67. The van der Waals surface area contributed by atoms with Crippen molar-refractivity contribution in [3.63, 3.8) is 0 Å². The zero-order valence-corrected chi connectivity index (χ0v) is 14.6. The smallest absolute Gasteiger partial charge is 0.410 e. The second-order valence-corrected chi connectivity index (χ2v) is 6.81. The summed E-state index contributed by atoms with van der Waals surface area (Å²) in [6.07, 6.45) is 2.01. The third-order valence-corrected chi connectivity index (χ3v) is 3.87. The lowest BCUT2D eigenvalue weighted by atomic mass is 10.1. The van der Waals surface area contributed by atoms with E-state index in [1.807, 2.05) is 27.7 Å². The Bertz CT molecular complexity index is 597. The van der Waals surface area contributed by atoms with E-state index < -0.39 is 10.5 Å². The Morgan fingerprint density at radius 2 is 2.12 bits per heavy atom. The first kappa shape index (κ1) is 18.0. The summed E-state index contributed by atoms with van der Waals surface area (Å²) in [6, 6.07) is 3.13. The number of rotatable bonds is 3. The lowest BCUT2D eigenvalue weighted by Crippen LogP contribution is -2.56. The lowest BCUT2D eigenvalue weighted by molar-refractivity contribution is -0.389. The van der Waals surface area contributed by atoms with E-state index in [0.29, 0.717) is 19.6 Å². The molecule has 0 spiro atoms. The van der Waals surface area contributed by atoms with Crippen molar-refractivity contribution in [3.05, 3.63) is 28.4 Å². The molecule has 0 N–H and O–H groups in total. The standard InChI is InChI=1S/C16H24N4O4/c1-5-12-11-18(13-6-7-14(17-10-13)20(22)23)8-9-19(12)15(21)24-16(2,3)4/h6-7,10,12H,5,8-9,11H2,1-4H3. The Hall–Kier alpha value is -2.38. The molecule has 1 aliphatic heterocycles. The number of nitro groups is 1. The van der Waals surface area contributed by atoms with Crippen LogP contribution >= 0.6 is 0 Å². The summed E-state index contributed by atoms with van der Waals surface area (Å²) >= 11 is 0. The predicted octanol–water partition coefficient (Wildman–Crippen LogP) is 2.83. The summed E-state index contributed by atoms with van der Waals surface area (Å²) < 4.78 is 5.47. The lowest BCUT2D eigenvalue weighted by Gasteiger charge is -2.42. The topological polar surface area (TPSA) is 88.8 Å². The van der Waals surface area contributed by atoms with Crippen LogP contribution in [0.5, 0.6) is 0 Å². The van der Waals surface area contributed by atoms with Gasteiger partial charge in [-0.15, -0.1) is 0 Å². The van der Waals surface area contributed by atoms with Crippen LogP contribution in [-0.2, 0) is 4.74 Å². The maximum absolute atomic E-state index is 12.3. The molecule has 8 heteroatoms. The van der Waals surface area contributed by atoms with Crippen LogP contribution in [0.1, 0.15) is 34.1 Å². The molecule has 0 aromatic carbocycles. The van der Waals surface area contributed by atoms with Crippen LogP contribution < -0.4 is 4.90 Å². The van der Waals surface area contributed by atoms with Gasteiger partial charge in [0, 0.05) is 25.7 Å². The fraction of sp³-hybridized carbons (Fsp3) is 0.625. The Morgan fingerprint density at radius 3 is 2.62 bits per heavy atom. The quantitative estimate of drug-likeness (QED) is 0.623. The van der Waals surface area contributed by atoms with Gasteiger partial charge in [-0.25, -0.2) is 4.79 Å². The number of carbonyl (C=O) groups excluding carboxylic acids is 1. The second kappa shape index (κ2) is 7.02. The van der Waals surface area contributed by atoms with Gasteiger partial charge in [-0.2, -0.15) is 0 Å². The monoisotopic (exact) mass is 336 g/mol. The molecule has 1 aromatic heterocycles. The SMILES string of the molecule is CCC1CN(c2ccc([N+](=O)[O-])nc2)CCN1C(=O)OC(C)(C)C. The van der Waals surface area contributed by atoms with Gasteiger partial charge < -0.3 is 24.7 Å². The summed E-state index contributed by atoms with van der Waals surface area (Å²) in [5.41, 5.74) is 0.303. The van der Waals surface area contributed by atoms with Crippen LogP contribution in [0.25, 0.3) is 0 Å². The van der Waals surface area contributed by atoms with E-state index in [2.05, 4.69) is 9.88 Å². The molecule has 0 radical (unpaired) electrons. The zero-order valence-electron chi connectivity index (χ0n) is 14.6. The number of anilines is 1. The molecular weight excluding hydrogens is 312 g/mol. The minimum Gasteiger partial charge on any atom is -0.444 e. The normalized spacial score (nSPS) is 18.4. The Balaban J connectivity index is 2.06. The van der Waals surface area contributed by atoms with Crippen molar-refractivity contribution in [3.8, 4) is 0 Å². The fourth-order valence-corrected chi connectivity index (χ4v) is 2.67. The summed E-state index contributed by atoms with van der Waals surface area (Å²) in [7, 11) is 0. The van der Waals surface area contributed by atoms with Crippen LogP contribution in [0.2, 0.25) is 0 Å². The summed E-state index contributed by atoms with van der Waals surface area (Å²) in [5, 5.41) is 10.7. The number of hydrogen-bond donors (Lipinski definition) is 0. The number of nitrogens with zero attached hydrogens (tertiary/aromatic N) is 4. The Labute approximate surface area is 141 Å². The molecular formula is C16H24N4O4. The van der Waals surface area contributed by atoms with Gasteiger partial charge in [-0.1, -0.05) is 6.92 Å². The van der Waals surface area contributed by atoms with Crippen molar-refractivity contribution in [2.24, 2.45) is 0 Å². The summed E-state index contributed by atoms with van der Waals surface area (Å²) in [6.45, 7) is 9.41. The highest BCUT2D eigenvalue weighted by Crippen LogP contribution is 2.23. The third kappa shape index (κ3) is 4.33. The molecule has 2 rings (SSSR count). The molecule has 1 aromatic rings. The molecule has 0 aliphatic carbocycles. The number of ether oxygens (including phenoxy) is 1. The number of hydrogen-bond acceptors (Lipinski definition) is 6. The van der Waals surface area contributed by atoms with Crippen molar-refractivity contribution in [2.75, 3.05) is 24.5 Å². The molecule has 1 aliphatic rings. The average Bonchev–Trinajstić information content (AvgIpc) is 2.52. The van der Waals surface area contributed by atoms with Crippen LogP contribution in [0.4, 0.5) is 16.3 Å². The van der Waals surface area contributed by atoms with Crippen molar-refractivity contribution in [1.29, 1.82) is 0 Å². The van der Waals surface area contributed by atoms with Crippen LogP contribution in [-0.4, -0.2) is 52.2 Å². The van der Waals surface area contributed by atoms with E-state index >= 15 is 0 Å². The van der Waals surface area contributed by atoms with E-state index in [1.54, 1.807) is 11.0 Å². The number of piperazine rings is 1.